The number of carbonyl (C=O) groups is 1. The second-order valence-corrected chi connectivity index (χ2v) is 9.27. The number of benzene rings is 1. The van der Waals surface area contributed by atoms with Crippen LogP contribution in [0.3, 0.4) is 0 Å². The van der Waals surface area contributed by atoms with Gasteiger partial charge < -0.3 is 5.32 Å². The van der Waals surface area contributed by atoms with E-state index in [1.807, 2.05) is 36.4 Å². The highest BCUT2D eigenvalue weighted by atomic mass is 32.2. The Morgan fingerprint density at radius 2 is 2.17 bits per heavy atom. The van der Waals surface area contributed by atoms with Crippen molar-refractivity contribution in [2.45, 2.75) is 37.5 Å². The zero-order chi connectivity index (χ0) is 20.4. The molecule has 1 N–H and O–H groups in total. The van der Waals surface area contributed by atoms with Crippen molar-refractivity contribution >= 4 is 39.2 Å². The summed E-state index contributed by atoms with van der Waals surface area (Å²) in [5, 5.41) is 3.60. The topological polar surface area (TPSA) is 64.0 Å². The number of thiophene rings is 1. The minimum absolute atomic E-state index is 0.0239. The van der Waals surface area contributed by atoms with Gasteiger partial charge in [-0.1, -0.05) is 48.2 Å². The Morgan fingerprint density at radius 1 is 1.41 bits per heavy atom. The van der Waals surface area contributed by atoms with Gasteiger partial charge in [-0.05, 0) is 37.3 Å². The maximum atomic E-state index is 13.1. The molecule has 0 radical (unpaired) electrons. The fourth-order valence-electron chi connectivity index (χ4n) is 3.28. The molecule has 2 heterocycles. The number of hydrogen-bond acceptors (Lipinski definition) is 5. The average Bonchev–Trinajstić information content (AvgIpc) is 3.49. The first kappa shape index (κ1) is 19.9. The van der Waals surface area contributed by atoms with E-state index in [1.54, 1.807) is 10.6 Å². The van der Waals surface area contributed by atoms with E-state index >= 15 is 0 Å². The minimum atomic E-state index is -0.0867. The fourth-order valence-corrected chi connectivity index (χ4v) is 5.15. The van der Waals surface area contributed by atoms with E-state index in [4.69, 9.17) is 4.98 Å². The van der Waals surface area contributed by atoms with Crippen LogP contribution in [0.4, 0.5) is 0 Å². The maximum absolute atomic E-state index is 13.1. The average molecular weight is 426 g/mol. The van der Waals surface area contributed by atoms with Crippen LogP contribution in [0.25, 0.3) is 20.7 Å². The number of rotatable bonds is 8. The molecular formula is C22H23N3O2S2. The van der Waals surface area contributed by atoms with Gasteiger partial charge in [-0.25, -0.2) is 4.98 Å². The van der Waals surface area contributed by atoms with Gasteiger partial charge >= 0.3 is 0 Å². The summed E-state index contributed by atoms with van der Waals surface area (Å²) in [5.41, 5.74) is 1.65. The van der Waals surface area contributed by atoms with Crippen LogP contribution in [-0.4, -0.2) is 27.3 Å². The lowest BCUT2D eigenvalue weighted by Crippen LogP contribution is -2.35. The summed E-state index contributed by atoms with van der Waals surface area (Å²) in [4.78, 5) is 31.1. The maximum Gasteiger partial charge on any atom is 0.272 e. The van der Waals surface area contributed by atoms with Crippen LogP contribution in [0.5, 0.6) is 0 Å². The quantitative estimate of drug-likeness (QED) is 0.332. The van der Waals surface area contributed by atoms with E-state index in [2.05, 4.69) is 18.8 Å². The van der Waals surface area contributed by atoms with Gasteiger partial charge in [-0.15, -0.1) is 17.9 Å². The number of fused-ring (bicyclic) bond motifs is 1. The summed E-state index contributed by atoms with van der Waals surface area (Å²) in [6.07, 6.45) is 4.06. The SMILES string of the molecule is C=CCn1c(SCC(=O)NC(C)C2CC2)nc2cc(-c3ccccc3)sc2c1=O. The molecule has 2 aromatic heterocycles. The van der Waals surface area contributed by atoms with Crippen molar-refractivity contribution in [1.29, 1.82) is 0 Å². The molecule has 0 spiro atoms. The molecule has 1 atom stereocenters. The summed E-state index contributed by atoms with van der Waals surface area (Å²) in [6.45, 7) is 6.17. The van der Waals surface area contributed by atoms with E-state index in [0.717, 1.165) is 10.4 Å². The Balaban J connectivity index is 1.61. The van der Waals surface area contributed by atoms with Crippen molar-refractivity contribution in [3.05, 3.63) is 59.4 Å². The third-order valence-corrected chi connectivity index (χ3v) is 7.16. The Hall–Kier alpha value is -2.38. The molecule has 1 saturated carbocycles. The van der Waals surface area contributed by atoms with E-state index in [-0.39, 0.29) is 23.3 Å². The molecule has 0 bridgehead atoms. The summed E-state index contributed by atoms with van der Waals surface area (Å²) in [6, 6.07) is 12.1. The van der Waals surface area contributed by atoms with Crippen LogP contribution >= 0.6 is 23.1 Å². The van der Waals surface area contributed by atoms with Crippen LogP contribution in [0.2, 0.25) is 0 Å². The van der Waals surface area contributed by atoms with Gasteiger partial charge in [0.2, 0.25) is 5.91 Å². The van der Waals surface area contributed by atoms with Crippen LogP contribution in [0.1, 0.15) is 19.8 Å². The summed E-state index contributed by atoms with van der Waals surface area (Å²) < 4.78 is 2.23. The molecule has 1 aliphatic carbocycles. The number of thioether (sulfide) groups is 1. The number of amides is 1. The van der Waals surface area contributed by atoms with E-state index in [1.165, 1.54) is 35.9 Å². The molecular weight excluding hydrogens is 402 g/mol. The molecule has 0 aliphatic heterocycles. The highest BCUT2D eigenvalue weighted by molar-refractivity contribution is 7.99. The lowest BCUT2D eigenvalue weighted by molar-refractivity contribution is -0.119. The highest BCUT2D eigenvalue weighted by Crippen LogP contribution is 2.33. The Morgan fingerprint density at radius 3 is 2.86 bits per heavy atom. The summed E-state index contributed by atoms with van der Waals surface area (Å²) >= 11 is 2.75. The highest BCUT2D eigenvalue weighted by Gasteiger charge is 2.28. The predicted octanol–water partition coefficient (Wildman–Crippen LogP) is 4.32. The van der Waals surface area contributed by atoms with Crippen LogP contribution in [0.15, 0.2) is 59.0 Å². The van der Waals surface area contributed by atoms with Gasteiger partial charge in [-0.2, -0.15) is 0 Å². The normalized spacial score (nSPS) is 14.7. The molecule has 7 heteroatoms. The van der Waals surface area contributed by atoms with Gasteiger partial charge in [-0.3, -0.25) is 14.2 Å². The zero-order valence-corrected chi connectivity index (χ0v) is 17.9. The number of hydrogen-bond donors (Lipinski definition) is 1. The van der Waals surface area contributed by atoms with E-state index < -0.39 is 0 Å². The number of nitrogens with zero attached hydrogens (tertiary/aromatic N) is 2. The van der Waals surface area contributed by atoms with Gasteiger partial charge in [0.05, 0.1) is 11.3 Å². The second-order valence-electron chi connectivity index (χ2n) is 7.27. The molecule has 1 aromatic carbocycles. The first-order valence-corrected chi connectivity index (χ1v) is 11.5. The number of nitrogens with one attached hydrogen (secondary N) is 1. The largest absolute Gasteiger partial charge is 0.353 e. The van der Waals surface area contributed by atoms with Gasteiger partial charge in [0.25, 0.3) is 5.56 Å². The van der Waals surface area contributed by atoms with E-state index in [9.17, 15) is 9.59 Å². The van der Waals surface area contributed by atoms with Crippen LogP contribution in [-0.2, 0) is 11.3 Å². The molecule has 0 saturated heterocycles. The molecule has 5 nitrogen and oxygen atoms in total. The van der Waals surface area contributed by atoms with Crippen molar-refractivity contribution in [1.82, 2.24) is 14.9 Å². The molecule has 1 fully saturated rings. The Kier molecular flexibility index (Phi) is 5.87. The lowest BCUT2D eigenvalue weighted by atomic mass is 10.2. The van der Waals surface area contributed by atoms with Gasteiger partial charge in [0, 0.05) is 17.5 Å². The van der Waals surface area contributed by atoms with Crippen molar-refractivity contribution in [2.75, 3.05) is 5.75 Å². The van der Waals surface area contributed by atoms with Crippen molar-refractivity contribution in [3.63, 3.8) is 0 Å². The van der Waals surface area contributed by atoms with Crippen molar-refractivity contribution in [2.24, 2.45) is 5.92 Å². The number of aromatic nitrogens is 2. The Labute approximate surface area is 177 Å². The lowest BCUT2D eigenvalue weighted by Gasteiger charge is -2.13. The summed E-state index contributed by atoms with van der Waals surface area (Å²) in [7, 11) is 0. The first-order valence-electron chi connectivity index (χ1n) is 9.69. The van der Waals surface area contributed by atoms with Crippen molar-refractivity contribution < 1.29 is 4.79 Å². The molecule has 1 aliphatic rings. The predicted molar refractivity (Wildman–Crippen MR) is 121 cm³/mol. The van der Waals surface area contributed by atoms with E-state index in [0.29, 0.717) is 27.8 Å². The molecule has 4 rings (SSSR count). The molecule has 1 unspecified atom stereocenters. The standard InChI is InChI=1S/C22H23N3O2S2/c1-3-11-25-21(27)20-17(12-18(29-20)16-7-5-4-6-8-16)24-22(25)28-13-19(26)23-14(2)15-9-10-15/h3-8,12,14-15H,1,9-11,13H2,2H3,(H,23,26). The molecule has 1 amide bonds. The van der Waals surface area contributed by atoms with Gasteiger partial charge in [0.1, 0.15) is 4.70 Å². The molecule has 29 heavy (non-hydrogen) atoms. The van der Waals surface area contributed by atoms with Crippen LogP contribution < -0.4 is 10.9 Å². The minimum Gasteiger partial charge on any atom is -0.353 e. The van der Waals surface area contributed by atoms with Gasteiger partial charge in [0.15, 0.2) is 5.16 Å². The number of allylic oxidation sites excluding steroid dienone is 1. The second kappa shape index (κ2) is 8.55. The third kappa shape index (κ3) is 4.46. The van der Waals surface area contributed by atoms with Crippen LogP contribution in [0, 0.1) is 5.92 Å². The first-order chi connectivity index (χ1) is 14.1. The summed E-state index contributed by atoms with van der Waals surface area (Å²) in [5.74, 6) is 0.825. The monoisotopic (exact) mass is 425 g/mol. The Bertz CT molecular complexity index is 1100. The molecule has 3 aromatic rings. The zero-order valence-electron chi connectivity index (χ0n) is 16.3. The fraction of sp³-hybridized carbons (Fsp3) is 0.318. The molecule has 150 valence electrons. The third-order valence-electron chi connectivity index (χ3n) is 5.02. The van der Waals surface area contributed by atoms with Crippen molar-refractivity contribution in [3.8, 4) is 10.4 Å². The smallest absolute Gasteiger partial charge is 0.272 e. The number of carbonyl (C=O) groups excluding carboxylic acids is 1.